The molecular weight excluding hydrogens is 733 g/mol. The highest BCUT2D eigenvalue weighted by molar-refractivity contribution is 5.98. The zero-order chi connectivity index (χ0) is 39.3. The molecule has 4 bridgehead atoms. The molecule has 4 aromatic rings. The molecule has 3 saturated heterocycles. The number of amides is 1. The smallest absolute Gasteiger partial charge is 0.223 e. The van der Waals surface area contributed by atoms with Gasteiger partial charge in [0.2, 0.25) is 5.91 Å². The van der Waals surface area contributed by atoms with Crippen LogP contribution in [0.25, 0.3) is 22.3 Å². The Hall–Kier alpha value is -4.02. The molecule has 2 aromatic heterocycles. The molecule has 0 radical (unpaired) electrons. The number of hydrogen-bond acceptors (Lipinski definition) is 8. The van der Waals surface area contributed by atoms with Crippen molar-refractivity contribution in [3.63, 3.8) is 0 Å². The largest absolute Gasteiger partial charge is 0.457 e. The van der Waals surface area contributed by atoms with Crippen molar-refractivity contribution in [1.29, 1.82) is 0 Å². The minimum Gasteiger partial charge on any atom is -0.457 e. The lowest BCUT2D eigenvalue weighted by Gasteiger charge is -2.57. The van der Waals surface area contributed by atoms with E-state index in [4.69, 9.17) is 20.6 Å². The second-order valence-corrected chi connectivity index (χ2v) is 21.1. The van der Waals surface area contributed by atoms with Crippen LogP contribution in [-0.2, 0) is 4.79 Å². The van der Waals surface area contributed by atoms with Crippen LogP contribution in [0.4, 0.5) is 5.82 Å². The number of hydrogen-bond donors (Lipinski definition) is 1. The summed E-state index contributed by atoms with van der Waals surface area (Å²) in [6.45, 7) is 6.84. The number of rotatable bonds is 8. The number of para-hydroxylation sites is 1. The molecule has 3 atom stereocenters. The highest BCUT2D eigenvalue weighted by Gasteiger charge is 2.54. The molecule has 10 nitrogen and oxygen atoms in total. The van der Waals surface area contributed by atoms with Gasteiger partial charge in [-0.15, -0.1) is 0 Å². The summed E-state index contributed by atoms with van der Waals surface area (Å²) in [5, 5.41) is 6.03. The van der Waals surface area contributed by atoms with Gasteiger partial charge in [0.05, 0.1) is 11.4 Å². The van der Waals surface area contributed by atoms with Crippen LogP contribution in [0.1, 0.15) is 102 Å². The van der Waals surface area contributed by atoms with E-state index in [1.165, 1.54) is 90.1 Å². The normalized spacial score (nSPS) is 33.2. The van der Waals surface area contributed by atoms with Crippen molar-refractivity contribution in [3.8, 4) is 22.8 Å². The third-order valence-corrected chi connectivity index (χ3v) is 17.5. The first kappa shape index (κ1) is 36.8. The number of anilines is 1. The lowest BCUT2D eigenvalue weighted by Crippen LogP contribution is -2.56. The molecule has 1 unspecified atom stereocenters. The second-order valence-electron chi connectivity index (χ2n) is 21.1. The van der Waals surface area contributed by atoms with Crippen LogP contribution in [0.15, 0.2) is 60.9 Å². The maximum absolute atomic E-state index is 13.7. The fourth-order valence-corrected chi connectivity index (χ4v) is 14.9. The summed E-state index contributed by atoms with van der Waals surface area (Å²) in [4.78, 5) is 30.7. The number of aromatic nitrogens is 4. The van der Waals surface area contributed by atoms with Crippen molar-refractivity contribution in [2.24, 2.45) is 40.4 Å². The SMILES string of the molecule is Nc1ncnc2c1c(-c1ccc(Oc3ccccc3)cc1)nn2C1CCN(C2C[C@@H]3CN(C4CC5(CCN(C(=O)CC67CC8CC(CC(C8)C6)C7)CC5)C4)C[C@@H]3C2)CC1. The maximum Gasteiger partial charge on any atom is 0.223 e. The second kappa shape index (κ2) is 14.3. The van der Waals surface area contributed by atoms with Gasteiger partial charge in [-0.05, 0) is 167 Å². The van der Waals surface area contributed by atoms with E-state index in [1.807, 2.05) is 42.5 Å². The van der Waals surface area contributed by atoms with Crippen LogP contribution in [0, 0.1) is 40.4 Å². The number of nitrogen functional groups attached to an aromatic ring is 1. The third-order valence-electron chi connectivity index (χ3n) is 17.5. The molecule has 2 aromatic carbocycles. The van der Waals surface area contributed by atoms with Crippen LogP contribution >= 0.6 is 0 Å². The predicted octanol–water partition coefficient (Wildman–Crippen LogP) is 8.59. The van der Waals surface area contributed by atoms with Crippen LogP contribution < -0.4 is 10.5 Å². The summed E-state index contributed by atoms with van der Waals surface area (Å²) in [7, 11) is 0. The van der Waals surface area contributed by atoms with E-state index >= 15 is 0 Å². The minimum atomic E-state index is 0.284. The Balaban J connectivity index is 0.621. The average Bonchev–Trinajstić information content (AvgIpc) is 3.93. The molecule has 6 aliphatic carbocycles. The van der Waals surface area contributed by atoms with E-state index in [0.717, 1.165) is 115 Å². The highest BCUT2D eigenvalue weighted by atomic mass is 16.5. The number of benzene rings is 2. The Morgan fingerprint density at radius 1 is 0.712 bits per heavy atom. The first-order valence-corrected chi connectivity index (χ1v) is 23.4. The number of carbonyl (C=O) groups excluding carboxylic acids is 1. The first-order chi connectivity index (χ1) is 28.8. The van der Waals surface area contributed by atoms with Crippen LogP contribution in [0.2, 0.25) is 0 Å². The summed E-state index contributed by atoms with van der Waals surface area (Å²) in [6, 6.07) is 19.7. The van der Waals surface area contributed by atoms with E-state index in [9.17, 15) is 4.79 Å². The Labute approximate surface area is 349 Å². The van der Waals surface area contributed by atoms with Crippen molar-refractivity contribution in [2.75, 3.05) is 45.0 Å². The van der Waals surface area contributed by atoms with Crippen molar-refractivity contribution >= 4 is 22.8 Å². The fraction of sp³-hybridized carbons (Fsp3) is 0.633. The minimum absolute atomic E-state index is 0.284. The average molecular weight is 795 g/mol. The molecule has 59 heavy (non-hydrogen) atoms. The third kappa shape index (κ3) is 6.66. The molecule has 1 amide bonds. The Morgan fingerprint density at radius 2 is 1.36 bits per heavy atom. The molecule has 310 valence electrons. The maximum atomic E-state index is 13.7. The lowest BCUT2D eigenvalue weighted by molar-refractivity contribution is -0.143. The van der Waals surface area contributed by atoms with Gasteiger partial charge in [0, 0.05) is 63.3 Å². The lowest BCUT2D eigenvalue weighted by atomic mass is 9.49. The molecule has 2 N–H and O–H groups in total. The zero-order valence-corrected chi connectivity index (χ0v) is 34.8. The summed E-state index contributed by atoms with van der Waals surface area (Å²) < 4.78 is 8.19. The molecule has 9 aliphatic rings. The number of fused-ring (bicyclic) bond motifs is 2. The number of likely N-dealkylation sites (tertiary alicyclic amines) is 3. The van der Waals surface area contributed by atoms with E-state index in [0.29, 0.717) is 28.6 Å². The van der Waals surface area contributed by atoms with E-state index in [2.05, 4.69) is 36.5 Å². The van der Waals surface area contributed by atoms with Gasteiger partial charge in [-0.25, -0.2) is 14.6 Å². The monoisotopic (exact) mass is 794 g/mol. The number of nitrogens with zero attached hydrogens (tertiary/aromatic N) is 7. The van der Waals surface area contributed by atoms with Crippen LogP contribution in [0.5, 0.6) is 11.5 Å². The van der Waals surface area contributed by atoms with Crippen molar-refractivity contribution in [1.82, 2.24) is 34.4 Å². The summed E-state index contributed by atoms with van der Waals surface area (Å²) in [5.41, 5.74) is 10.0. The first-order valence-electron chi connectivity index (χ1n) is 23.4. The number of nitrogens with two attached hydrogens (primary N) is 1. The summed E-state index contributed by atoms with van der Waals surface area (Å²) in [5.74, 6) is 7.05. The van der Waals surface area contributed by atoms with Crippen molar-refractivity contribution < 1.29 is 9.53 Å². The van der Waals surface area contributed by atoms with Crippen molar-refractivity contribution in [3.05, 3.63) is 60.9 Å². The van der Waals surface area contributed by atoms with Gasteiger partial charge in [0.15, 0.2) is 5.65 Å². The number of carbonyl (C=O) groups is 1. The van der Waals surface area contributed by atoms with Crippen LogP contribution in [-0.4, -0.2) is 91.7 Å². The van der Waals surface area contributed by atoms with Gasteiger partial charge in [-0.3, -0.25) is 9.69 Å². The fourth-order valence-electron chi connectivity index (χ4n) is 14.9. The molecule has 13 rings (SSSR count). The van der Waals surface area contributed by atoms with Gasteiger partial charge < -0.3 is 20.3 Å². The molecule has 9 fully saturated rings. The summed E-state index contributed by atoms with van der Waals surface area (Å²) >= 11 is 0. The topological polar surface area (TPSA) is 106 Å². The van der Waals surface area contributed by atoms with Crippen LogP contribution in [0.3, 0.4) is 0 Å². The predicted molar refractivity (Wildman–Crippen MR) is 230 cm³/mol. The molecule has 5 heterocycles. The van der Waals surface area contributed by atoms with Crippen molar-refractivity contribution in [2.45, 2.75) is 114 Å². The van der Waals surface area contributed by atoms with E-state index < -0.39 is 0 Å². The quantitative estimate of drug-likeness (QED) is 0.189. The molecule has 3 aliphatic heterocycles. The number of piperidine rings is 2. The Morgan fingerprint density at radius 3 is 2.02 bits per heavy atom. The molecule has 1 spiro atoms. The van der Waals surface area contributed by atoms with Gasteiger partial charge in [-0.2, -0.15) is 5.10 Å². The highest BCUT2D eigenvalue weighted by Crippen LogP contribution is 2.62. The molecule has 10 heteroatoms. The van der Waals surface area contributed by atoms with Gasteiger partial charge in [0.1, 0.15) is 29.3 Å². The standard InChI is InChI=1S/C49H62N8O2/c50-46-44-45(35-6-8-42(9-7-35)59-41-4-2-1-3-5-41)53-57(47(44)52-31-51-46)38-10-14-54(15-11-38)39-21-36-29-56(30-37(36)22-39)40-26-48(27-40)12-16-55(17-13-48)43(58)28-49-23-32-18-33(24-49)20-34(19-32)25-49/h1-9,31-34,36-40H,10-30H2,(H2,50,51,52)/t32?,33?,34?,36-,37+,39?,49?. The summed E-state index contributed by atoms with van der Waals surface area (Å²) in [6.07, 6.45) is 20.9. The van der Waals surface area contributed by atoms with Gasteiger partial charge >= 0.3 is 0 Å². The molecular formula is C49H62N8O2. The van der Waals surface area contributed by atoms with E-state index in [-0.39, 0.29) is 6.04 Å². The Kier molecular flexibility index (Phi) is 8.91. The molecule has 6 saturated carbocycles. The number of ether oxygens (including phenoxy) is 1. The van der Waals surface area contributed by atoms with Gasteiger partial charge in [-0.1, -0.05) is 18.2 Å². The Bertz CT molecular complexity index is 2130. The van der Waals surface area contributed by atoms with E-state index in [1.54, 1.807) is 6.33 Å². The van der Waals surface area contributed by atoms with Gasteiger partial charge in [0.25, 0.3) is 0 Å². The zero-order valence-electron chi connectivity index (χ0n) is 34.8.